The van der Waals surface area contributed by atoms with E-state index in [1.807, 2.05) is 12.1 Å². The van der Waals surface area contributed by atoms with E-state index in [0.29, 0.717) is 23.0 Å². The molecule has 132 valence electrons. The van der Waals surface area contributed by atoms with Crippen molar-refractivity contribution < 1.29 is 13.2 Å². The van der Waals surface area contributed by atoms with Crippen molar-refractivity contribution in [3.63, 3.8) is 0 Å². The van der Waals surface area contributed by atoms with Crippen LogP contribution < -0.4 is 15.8 Å². The molecule has 4 N–H and O–H groups in total. The number of hydrogen-bond acceptors (Lipinski definition) is 5. The minimum Gasteiger partial charge on any atom is -0.383 e. The predicted octanol–water partition coefficient (Wildman–Crippen LogP) is 2.42. The third-order valence-corrected chi connectivity index (χ3v) is 6.21. The number of nitrogens with one attached hydrogen (secondary N) is 2. The number of anilines is 2. The zero-order chi connectivity index (χ0) is 18.2. The first kappa shape index (κ1) is 18.3. The molecule has 1 aromatic heterocycles. The summed E-state index contributed by atoms with van der Waals surface area (Å²) in [4.78, 5) is 16.1. The van der Waals surface area contributed by atoms with Gasteiger partial charge in [-0.25, -0.2) is 13.4 Å². The lowest BCUT2D eigenvalue weighted by atomic mass is 10.1. The number of amides is 1. The van der Waals surface area contributed by atoms with Crippen LogP contribution in [-0.2, 0) is 21.2 Å². The number of hydrogen-bond donors (Lipinski definition) is 3. The van der Waals surface area contributed by atoms with E-state index in [-0.39, 0.29) is 10.7 Å². The van der Waals surface area contributed by atoms with Gasteiger partial charge in [-0.3, -0.25) is 4.79 Å². The van der Waals surface area contributed by atoms with Gasteiger partial charge in [-0.05, 0) is 58.6 Å². The number of carbonyl (C=O) groups is 1. The number of aryl methyl sites for hydroxylation is 1. The second kappa shape index (κ2) is 7.02. The molecule has 2 aromatic rings. The number of aromatic nitrogens is 1. The zero-order valence-electron chi connectivity index (χ0n) is 12.8. The maximum absolute atomic E-state index is 12.6. The van der Waals surface area contributed by atoms with Crippen LogP contribution in [0.5, 0.6) is 0 Å². The minimum absolute atomic E-state index is 0.128. The molecule has 3 rings (SSSR count). The normalized spacial score (nSPS) is 17.5. The summed E-state index contributed by atoms with van der Waals surface area (Å²) in [5, 5.41) is 2.76. The molecule has 7 nitrogen and oxygen atoms in total. The number of pyridine rings is 1. The molecule has 1 atom stereocenters. The van der Waals surface area contributed by atoms with Crippen LogP contribution in [-0.4, -0.2) is 25.4 Å². The van der Waals surface area contributed by atoms with Crippen molar-refractivity contribution in [2.24, 2.45) is 0 Å². The molecule has 25 heavy (non-hydrogen) atoms. The Morgan fingerprint density at radius 2 is 2.00 bits per heavy atom. The molecule has 1 aliphatic rings. The Bertz CT molecular complexity index is 950. The van der Waals surface area contributed by atoms with Crippen molar-refractivity contribution in [1.29, 1.82) is 0 Å². The summed E-state index contributed by atoms with van der Waals surface area (Å²) in [6.45, 7) is 0. The topological polar surface area (TPSA) is 114 Å². The van der Waals surface area contributed by atoms with Gasteiger partial charge in [0.1, 0.15) is 16.8 Å². The Morgan fingerprint density at radius 1 is 1.24 bits per heavy atom. The van der Waals surface area contributed by atoms with Crippen LogP contribution in [0.3, 0.4) is 0 Å². The quantitative estimate of drug-likeness (QED) is 0.612. The maximum Gasteiger partial charge on any atom is 0.244 e. The van der Waals surface area contributed by atoms with Crippen LogP contribution in [0.4, 0.5) is 11.5 Å². The van der Waals surface area contributed by atoms with E-state index < -0.39 is 22.0 Å². The Morgan fingerprint density at radius 3 is 2.76 bits per heavy atom. The van der Waals surface area contributed by atoms with Gasteiger partial charge in [0.25, 0.3) is 0 Å². The fourth-order valence-electron chi connectivity index (χ4n) is 2.55. The SMILES string of the molecule is Nc1ncc(Br)cc1S(=O)(=O)NC1CCc2cc(Br)ccc2NC1=O. The minimum atomic E-state index is -4.00. The molecule has 1 aliphatic heterocycles. The first-order valence-electron chi connectivity index (χ1n) is 7.29. The van der Waals surface area contributed by atoms with Gasteiger partial charge in [-0.15, -0.1) is 0 Å². The molecule has 1 aromatic carbocycles. The van der Waals surface area contributed by atoms with Gasteiger partial charge in [0.05, 0.1) is 0 Å². The summed E-state index contributed by atoms with van der Waals surface area (Å²) in [5.74, 6) is -0.539. The summed E-state index contributed by atoms with van der Waals surface area (Å²) in [7, 11) is -4.00. The molecule has 0 radical (unpaired) electrons. The lowest BCUT2D eigenvalue weighted by Crippen LogP contribution is -2.43. The zero-order valence-corrected chi connectivity index (χ0v) is 16.8. The molecule has 0 aliphatic carbocycles. The molecule has 1 unspecified atom stereocenters. The number of rotatable bonds is 3. The molecular weight excluding hydrogens is 476 g/mol. The van der Waals surface area contributed by atoms with E-state index in [1.165, 1.54) is 12.3 Å². The fourth-order valence-corrected chi connectivity index (χ4v) is 4.78. The second-order valence-electron chi connectivity index (χ2n) is 5.54. The van der Waals surface area contributed by atoms with Crippen LogP contribution >= 0.6 is 31.9 Å². The van der Waals surface area contributed by atoms with Crippen molar-refractivity contribution in [2.45, 2.75) is 23.8 Å². The van der Waals surface area contributed by atoms with Gasteiger partial charge in [0, 0.05) is 20.8 Å². The largest absolute Gasteiger partial charge is 0.383 e. The molecule has 0 spiro atoms. The van der Waals surface area contributed by atoms with Crippen molar-refractivity contribution in [3.05, 3.63) is 45.0 Å². The number of nitrogens with zero attached hydrogens (tertiary/aromatic N) is 1. The monoisotopic (exact) mass is 488 g/mol. The number of carbonyl (C=O) groups excluding carboxylic acids is 1. The average molecular weight is 490 g/mol. The van der Waals surface area contributed by atoms with Crippen LogP contribution in [0.25, 0.3) is 0 Å². The highest BCUT2D eigenvalue weighted by Gasteiger charge is 2.30. The highest BCUT2D eigenvalue weighted by atomic mass is 79.9. The summed E-state index contributed by atoms with van der Waals surface area (Å²) in [6.07, 6.45) is 2.28. The maximum atomic E-state index is 12.6. The lowest BCUT2D eigenvalue weighted by molar-refractivity contribution is -0.117. The smallest absolute Gasteiger partial charge is 0.244 e. The predicted molar refractivity (Wildman–Crippen MR) is 102 cm³/mol. The number of nitrogens with two attached hydrogens (primary N) is 1. The Labute approximate surface area is 161 Å². The molecule has 2 heterocycles. The fraction of sp³-hybridized carbons (Fsp3) is 0.200. The third kappa shape index (κ3) is 4.02. The molecule has 10 heteroatoms. The van der Waals surface area contributed by atoms with Crippen LogP contribution in [0, 0.1) is 0 Å². The molecule has 0 saturated carbocycles. The third-order valence-electron chi connectivity index (χ3n) is 3.78. The Balaban J connectivity index is 1.86. The first-order valence-corrected chi connectivity index (χ1v) is 10.4. The molecular formula is C15H14Br2N4O3S. The Kier molecular flexibility index (Phi) is 5.14. The molecule has 0 fully saturated rings. The molecule has 0 bridgehead atoms. The van der Waals surface area contributed by atoms with E-state index in [2.05, 4.69) is 46.9 Å². The van der Waals surface area contributed by atoms with Crippen molar-refractivity contribution in [2.75, 3.05) is 11.1 Å². The first-order chi connectivity index (χ1) is 11.8. The van der Waals surface area contributed by atoms with Crippen molar-refractivity contribution >= 4 is 59.3 Å². The van der Waals surface area contributed by atoms with Crippen molar-refractivity contribution in [1.82, 2.24) is 9.71 Å². The van der Waals surface area contributed by atoms with E-state index in [0.717, 1.165) is 10.0 Å². The van der Waals surface area contributed by atoms with E-state index in [4.69, 9.17) is 5.73 Å². The average Bonchev–Trinajstić information content (AvgIpc) is 2.69. The van der Waals surface area contributed by atoms with E-state index >= 15 is 0 Å². The highest BCUT2D eigenvalue weighted by molar-refractivity contribution is 9.10. The molecule has 0 saturated heterocycles. The van der Waals surface area contributed by atoms with Gasteiger partial charge < -0.3 is 11.1 Å². The summed E-state index contributed by atoms with van der Waals surface area (Å²) in [6, 6.07) is 5.95. The Hall–Kier alpha value is -1.49. The highest BCUT2D eigenvalue weighted by Crippen LogP contribution is 2.27. The van der Waals surface area contributed by atoms with Crippen LogP contribution in [0.2, 0.25) is 0 Å². The standard InChI is InChI=1S/C15H14Br2N4O3S/c16-9-2-4-11-8(5-9)1-3-12(15(22)20-11)21-25(23,24)13-6-10(17)7-19-14(13)18/h2,4-7,12,21H,1,3H2,(H2,18,19)(H,20,22). The summed E-state index contributed by atoms with van der Waals surface area (Å²) < 4.78 is 29.0. The van der Waals surface area contributed by atoms with Crippen LogP contribution in [0.15, 0.2) is 44.3 Å². The number of nitrogen functional groups attached to an aromatic ring is 1. The van der Waals surface area contributed by atoms with E-state index in [1.54, 1.807) is 6.07 Å². The second-order valence-corrected chi connectivity index (χ2v) is 9.05. The number of halogens is 2. The number of fused-ring (bicyclic) bond motifs is 1. The molecule has 1 amide bonds. The number of sulfonamides is 1. The van der Waals surface area contributed by atoms with E-state index in [9.17, 15) is 13.2 Å². The lowest BCUT2D eigenvalue weighted by Gasteiger charge is -2.16. The van der Waals surface area contributed by atoms with Gasteiger partial charge in [-0.1, -0.05) is 15.9 Å². The van der Waals surface area contributed by atoms with Gasteiger partial charge in [-0.2, -0.15) is 4.72 Å². The van der Waals surface area contributed by atoms with Gasteiger partial charge in [0.2, 0.25) is 15.9 Å². The van der Waals surface area contributed by atoms with Gasteiger partial charge >= 0.3 is 0 Å². The summed E-state index contributed by atoms with van der Waals surface area (Å²) in [5.41, 5.74) is 7.29. The van der Waals surface area contributed by atoms with Crippen LogP contribution in [0.1, 0.15) is 12.0 Å². The van der Waals surface area contributed by atoms with Crippen molar-refractivity contribution in [3.8, 4) is 0 Å². The summed E-state index contributed by atoms with van der Waals surface area (Å²) >= 11 is 6.56. The van der Waals surface area contributed by atoms with Gasteiger partial charge in [0.15, 0.2) is 0 Å². The number of benzene rings is 1.